The smallest absolute Gasteiger partial charge is 0.255 e. The second-order valence-corrected chi connectivity index (χ2v) is 9.81. The molecule has 2 amide bonds. The van der Waals surface area contributed by atoms with Gasteiger partial charge in [0, 0.05) is 48.8 Å². The topological polar surface area (TPSA) is 80.8 Å². The number of para-hydroxylation sites is 1. The van der Waals surface area contributed by atoms with E-state index in [9.17, 15) is 9.59 Å². The molecule has 36 heavy (non-hydrogen) atoms. The number of ether oxygens (including phenoxy) is 2. The number of piperidine rings is 1. The second-order valence-electron chi connectivity index (χ2n) is 9.81. The number of fused-ring (bicyclic) bond motifs is 2. The average molecular weight is 488 g/mol. The van der Waals surface area contributed by atoms with Crippen LogP contribution in [0.25, 0.3) is 10.9 Å². The van der Waals surface area contributed by atoms with Gasteiger partial charge < -0.3 is 19.7 Å². The molecule has 188 valence electrons. The van der Waals surface area contributed by atoms with Crippen molar-refractivity contribution in [1.29, 1.82) is 0 Å². The van der Waals surface area contributed by atoms with Crippen molar-refractivity contribution in [1.82, 2.24) is 15.2 Å². The quantitative estimate of drug-likeness (QED) is 0.548. The first kappa shape index (κ1) is 24.3. The monoisotopic (exact) mass is 487 g/mol. The second kappa shape index (κ2) is 11.1. The lowest BCUT2D eigenvalue weighted by Crippen LogP contribution is -2.45. The first-order valence-corrected chi connectivity index (χ1v) is 12.9. The molecule has 7 heteroatoms. The van der Waals surface area contributed by atoms with E-state index in [1.165, 1.54) is 0 Å². The third-order valence-electron chi connectivity index (χ3n) is 7.40. The van der Waals surface area contributed by atoms with E-state index < -0.39 is 0 Å². The molecule has 2 aliphatic heterocycles. The maximum Gasteiger partial charge on any atom is 0.255 e. The number of nitrogens with zero attached hydrogens (tertiary/aromatic N) is 2. The standard InChI is InChI=1S/C29H33N3O4/c33-27-24-7-1-2-8-26(24)36-21-29(11-3-4-18-35-19-15-31-27)12-16-32(17-13-29)28(34)23-9-10-25-22(20-23)6-5-14-30-25/h1-2,5-10,14,20H,3-4,11-13,15-19,21H2,(H,31,33). The Morgan fingerprint density at radius 3 is 2.72 bits per heavy atom. The molecule has 3 heterocycles. The minimum Gasteiger partial charge on any atom is -0.492 e. The molecule has 7 nitrogen and oxygen atoms in total. The van der Waals surface area contributed by atoms with Crippen LogP contribution in [0.2, 0.25) is 0 Å². The Labute approximate surface area is 211 Å². The fourth-order valence-corrected chi connectivity index (χ4v) is 5.19. The van der Waals surface area contributed by atoms with E-state index in [2.05, 4.69) is 10.3 Å². The number of likely N-dealkylation sites (tertiary alicyclic amines) is 1. The van der Waals surface area contributed by atoms with Crippen molar-refractivity contribution >= 4 is 22.7 Å². The number of hydrogen-bond acceptors (Lipinski definition) is 5. The molecule has 3 aromatic rings. The van der Waals surface area contributed by atoms with Crippen molar-refractivity contribution in [2.45, 2.75) is 32.1 Å². The molecule has 0 bridgehead atoms. The number of hydrogen-bond donors (Lipinski definition) is 1. The fraction of sp³-hybridized carbons (Fsp3) is 0.414. The van der Waals surface area contributed by atoms with Gasteiger partial charge in [0.1, 0.15) is 5.75 Å². The molecule has 0 unspecified atom stereocenters. The lowest BCUT2D eigenvalue weighted by molar-refractivity contribution is 0.0341. The highest BCUT2D eigenvalue weighted by molar-refractivity contribution is 5.98. The zero-order chi connectivity index (χ0) is 24.8. The van der Waals surface area contributed by atoms with E-state index in [1.807, 2.05) is 53.4 Å². The van der Waals surface area contributed by atoms with Gasteiger partial charge in [0.05, 0.1) is 24.3 Å². The van der Waals surface area contributed by atoms with E-state index in [1.54, 1.807) is 12.3 Å². The molecule has 2 aromatic carbocycles. The predicted molar refractivity (Wildman–Crippen MR) is 138 cm³/mol. The van der Waals surface area contributed by atoms with Gasteiger partial charge in [-0.25, -0.2) is 0 Å². The van der Waals surface area contributed by atoms with Crippen LogP contribution in [0, 0.1) is 5.41 Å². The zero-order valence-electron chi connectivity index (χ0n) is 20.6. The highest BCUT2D eigenvalue weighted by Gasteiger charge is 2.37. The minimum absolute atomic E-state index is 0.0439. The van der Waals surface area contributed by atoms with E-state index in [-0.39, 0.29) is 17.2 Å². The summed E-state index contributed by atoms with van der Waals surface area (Å²) in [6.45, 7) is 3.57. The highest BCUT2D eigenvalue weighted by atomic mass is 16.5. The van der Waals surface area contributed by atoms with Gasteiger partial charge in [-0.1, -0.05) is 24.6 Å². The minimum atomic E-state index is -0.147. The van der Waals surface area contributed by atoms with Crippen LogP contribution in [-0.4, -0.2) is 61.2 Å². The van der Waals surface area contributed by atoms with Gasteiger partial charge in [-0.15, -0.1) is 0 Å². The number of carbonyl (C=O) groups is 2. The maximum atomic E-state index is 13.3. The molecule has 2 aliphatic rings. The van der Waals surface area contributed by atoms with Crippen LogP contribution in [0.15, 0.2) is 60.8 Å². The van der Waals surface area contributed by atoms with Gasteiger partial charge in [0.15, 0.2) is 0 Å². The molecular weight excluding hydrogens is 454 g/mol. The molecule has 5 rings (SSSR count). The maximum absolute atomic E-state index is 13.3. The molecule has 0 radical (unpaired) electrons. The van der Waals surface area contributed by atoms with Gasteiger partial charge in [0.2, 0.25) is 0 Å². The Hall–Kier alpha value is -3.45. The Bertz CT molecular complexity index is 1220. The SMILES string of the molecule is O=C1NCCOCCCCC2(CCN(C(=O)c3ccc4ncccc4c3)CC2)COc2ccccc21. The molecular formula is C29H33N3O4. The first-order chi connectivity index (χ1) is 17.6. The van der Waals surface area contributed by atoms with E-state index in [4.69, 9.17) is 9.47 Å². The van der Waals surface area contributed by atoms with Crippen molar-refractivity contribution in [3.05, 3.63) is 71.9 Å². The summed E-state index contributed by atoms with van der Waals surface area (Å²) in [5.74, 6) is 0.523. The van der Waals surface area contributed by atoms with Crippen molar-refractivity contribution in [3.8, 4) is 5.75 Å². The molecule has 1 spiro atoms. The van der Waals surface area contributed by atoms with Crippen LogP contribution in [-0.2, 0) is 4.74 Å². The van der Waals surface area contributed by atoms with Crippen LogP contribution in [0.4, 0.5) is 0 Å². The fourth-order valence-electron chi connectivity index (χ4n) is 5.19. The third kappa shape index (κ3) is 5.51. The number of carbonyl (C=O) groups excluding carboxylic acids is 2. The van der Waals surface area contributed by atoms with Crippen molar-refractivity contribution in [2.75, 3.05) is 39.5 Å². The van der Waals surface area contributed by atoms with E-state index >= 15 is 0 Å². The van der Waals surface area contributed by atoms with Gasteiger partial charge in [-0.3, -0.25) is 14.6 Å². The molecule has 1 N–H and O–H groups in total. The highest BCUT2D eigenvalue weighted by Crippen LogP contribution is 2.38. The summed E-state index contributed by atoms with van der Waals surface area (Å²) in [6.07, 6.45) is 6.52. The van der Waals surface area contributed by atoms with E-state index in [0.29, 0.717) is 56.3 Å². The summed E-state index contributed by atoms with van der Waals surface area (Å²) in [5, 5.41) is 3.89. The Kier molecular flexibility index (Phi) is 7.47. The van der Waals surface area contributed by atoms with Gasteiger partial charge in [0.25, 0.3) is 11.8 Å². The van der Waals surface area contributed by atoms with Crippen LogP contribution >= 0.6 is 0 Å². The van der Waals surface area contributed by atoms with Crippen LogP contribution in [0.1, 0.15) is 52.8 Å². The summed E-state index contributed by atoms with van der Waals surface area (Å²) >= 11 is 0. The Morgan fingerprint density at radius 1 is 0.972 bits per heavy atom. The summed E-state index contributed by atoms with van der Waals surface area (Å²) in [5.41, 5.74) is 2.09. The van der Waals surface area contributed by atoms with Crippen LogP contribution in [0.5, 0.6) is 5.75 Å². The number of pyridine rings is 1. The molecule has 0 saturated carbocycles. The Balaban J connectivity index is 1.30. The number of rotatable bonds is 1. The molecule has 1 fully saturated rings. The number of nitrogens with one attached hydrogen (secondary N) is 1. The number of aromatic nitrogens is 1. The predicted octanol–water partition coefficient (Wildman–Crippen LogP) is 4.47. The molecule has 0 atom stereocenters. The third-order valence-corrected chi connectivity index (χ3v) is 7.40. The summed E-state index contributed by atoms with van der Waals surface area (Å²) < 4.78 is 12.0. The number of benzene rings is 2. The van der Waals surface area contributed by atoms with Crippen molar-refractivity contribution in [3.63, 3.8) is 0 Å². The van der Waals surface area contributed by atoms with Gasteiger partial charge >= 0.3 is 0 Å². The van der Waals surface area contributed by atoms with Gasteiger partial charge in [-0.05, 0) is 62.1 Å². The van der Waals surface area contributed by atoms with Crippen molar-refractivity contribution < 1.29 is 19.1 Å². The lowest BCUT2D eigenvalue weighted by atomic mass is 9.75. The molecule has 1 saturated heterocycles. The first-order valence-electron chi connectivity index (χ1n) is 12.9. The van der Waals surface area contributed by atoms with Crippen LogP contribution < -0.4 is 10.1 Å². The summed E-state index contributed by atoms with van der Waals surface area (Å²) in [7, 11) is 0. The lowest BCUT2D eigenvalue weighted by Gasteiger charge is -2.42. The van der Waals surface area contributed by atoms with E-state index in [0.717, 1.165) is 43.0 Å². The number of amides is 2. The normalized spacial score (nSPS) is 19.1. The Morgan fingerprint density at radius 2 is 1.83 bits per heavy atom. The average Bonchev–Trinajstić information content (AvgIpc) is 2.93. The van der Waals surface area contributed by atoms with Gasteiger partial charge in [-0.2, -0.15) is 0 Å². The van der Waals surface area contributed by atoms with Crippen molar-refractivity contribution in [2.24, 2.45) is 5.41 Å². The summed E-state index contributed by atoms with van der Waals surface area (Å²) in [6, 6.07) is 17.0. The summed E-state index contributed by atoms with van der Waals surface area (Å²) in [4.78, 5) is 32.3. The largest absolute Gasteiger partial charge is 0.492 e. The molecule has 0 aliphatic carbocycles. The molecule has 1 aromatic heterocycles. The van der Waals surface area contributed by atoms with Crippen LogP contribution in [0.3, 0.4) is 0 Å². The zero-order valence-corrected chi connectivity index (χ0v) is 20.6.